The first-order chi connectivity index (χ1) is 12.9. The van der Waals surface area contributed by atoms with E-state index in [9.17, 15) is 18.1 Å². The molecule has 7 heteroatoms. The average Bonchev–Trinajstić information content (AvgIpc) is 2.66. The van der Waals surface area contributed by atoms with Crippen molar-refractivity contribution in [2.24, 2.45) is 10.2 Å². The first kappa shape index (κ1) is 17.1. The van der Waals surface area contributed by atoms with Crippen LogP contribution >= 0.6 is 0 Å². The Bertz CT molecular complexity index is 1310. The van der Waals surface area contributed by atoms with E-state index in [2.05, 4.69) is 10.2 Å². The van der Waals surface area contributed by atoms with E-state index < -0.39 is 10.1 Å². The molecular weight excluding hydrogens is 364 g/mol. The van der Waals surface area contributed by atoms with E-state index in [1.807, 2.05) is 18.2 Å². The minimum atomic E-state index is -4.47. The van der Waals surface area contributed by atoms with Gasteiger partial charge < -0.3 is 5.11 Å². The summed E-state index contributed by atoms with van der Waals surface area (Å²) in [7, 11) is -4.47. The van der Waals surface area contributed by atoms with Gasteiger partial charge in [0.25, 0.3) is 10.1 Å². The monoisotopic (exact) mass is 378 g/mol. The fourth-order valence-corrected chi connectivity index (χ4v) is 3.64. The summed E-state index contributed by atoms with van der Waals surface area (Å²) in [6, 6.07) is 20.3. The lowest BCUT2D eigenvalue weighted by Gasteiger charge is -2.07. The molecule has 27 heavy (non-hydrogen) atoms. The maximum absolute atomic E-state index is 11.8. The van der Waals surface area contributed by atoms with E-state index in [0.717, 1.165) is 5.39 Å². The number of rotatable bonds is 3. The zero-order valence-electron chi connectivity index (χ0n) is 13.9. The molecule has 2 N–H and O–H groups in total. The molecule has 4 aromatic rings. The fraction of sp³-hybridized carbons (Fsp3) is 0. The van der Waals surface area contributed by atoms with Crippen LogP contribution in [0.4, 0.5) is 11.4 Å². The van der Waals surface area contributed by atoms with E-state index in [-0.39, 0.29) is 16.3 Å². The van der Waals surface area contributed by atoms with Gasteiger partial charge in [0.2, 0.25) is 0 Å². The van der Waals surface area contributed by atoms with Crippen LogP contribution in [-0.2, 0) is 10.1 Å². The molecule has 0 saturated carbocycles. The lowest BCUT2D eigenvalue weighted by atomic mass is 10.1. The van der Waals surface area contributed by atoms with Gasteiger partial charge in [0.15, 0.2) is 0 Å². The molecule has 4 aromatic carbocycles. The van der Waals surface area contributed by atoms with Crippen molar-refractivity contribution in [3.63, 3.8) is 0 Å². The molecule has 0 aliphatic rings. The van der Waals surface area contributed by atoms with Crippen LogP contribution in [0.3, 0.4) is 0 Å². The summed E-state index contributed by atoms with van der Waals surface area (Å²) in [6.45, 7) is 0. The van der Waals surface area contributed by atoms with Crippen molar-refractivity contribution in [2.45, 2.75) is 4.90 Å². The minimum absolute atomic E-state index is 0.0627. The van der Waals surface area contributed by atoms with Gasteiger partial charge in [-0.2, -0.15) is 8.42 Å². The van der Waals surface area contributed by atoms with E-state index in [4.69, 9.17) is 0 Å². The van der Waals surface area contributed by atoms with Crippen molar-refractivity contribution in [1.82, 2.24) is 0 Å². The number of nitrogens with zero attached hydrogens (tertiary/aromatic N) is 2. The summed E-state index contributed by atoms with van der Waals surface area (Å²) < 4.78 is 33.1. The standard InChI is InChI=1S/C20H14N2O4S/c23-18-11-10-17(15-7-3-4-8-16(15)18)21-22-20-14-6-2-1-5-13(14)9-12-19(20)27(24,25)26/h1-12,23H,(H,24,25,26). The zero-order chi connectivity index (χ0) is 19.0. The fourth-order valence-electron chi connectivity index (χ4n) is 3.00. The molecule has 0 saturated heterocycles. The van der Waals surface area contributed by atoms with Crippen LogP contribution in [0.5, 0.6) is 5.75 Å². The Labute approximate surface area is 155 Å². The number of phenolic OH excluding ortho intramolecular Hbond substituents is 1. The molecule has 0 aromatic heterocycles. The first-order valence-corrected chi connectivity index (χ1v) is 9.51. The largest absolute Gasteiger partial charge is 0.507 e. The number of azo groups is 1. The summed E-state index contributed by atoms with van der Waals surface area (Å²) in [5, 5.41) is 21.0. The predicted octanol–water partition coefficient (Wildman–Crippen LogP) is 5.36. The van der Waals surface area contributed by atoms with Gasteiger partial charge in [0, 0.05) is 16.2 Å². The maximum Gasteiger partial charge on any atom is 0.296 e. The maximum atomic E-state index is 11.8. The van der Waals surface area contributed by atoms with Gasteiger partial charge in [-0.05, 0) is 23.6 Å². The Hall–Kier alpha value is -3.29. The van der Waals surface area contributed by atoms with Crippen molar-refractivity contribution >= 4 is 43.0 Å². The summed E-state index contributed by atoms with van der Waals surface area (Å²) in [4.78, 5) is -0.312. The molecule has 0 unspecified atom stereocenters. The molecule has 0 fully saturated rings. The second-order valence-electron chi connectivity index (χ2n) is 5.96. The Morgan fingerprint density at radius 1 is 0.704 bits per heavy atom. The van der Waals surface area contributed by atoms with Crippen molar-refractivity contribution in [3.05, 3.63) is 72.8 Å². The number of hydrogen-bond acceptors (Lipinski definition) is 5. The molecule has 0 heterocycles. The van der Waals surface area contributed by atoms with Gasteiger partial charge in [-0.1, -0.05) is 54.6 Å². The Balaban J connectivity index is 1.95. The van der Waals surface area contributed by atoms with Crippen LogP contribution in [-0.4, -0.2) is 18.1 Å². The summed E-state index contributed by atoms with van der Waals surface area (Å²) >= 11 is 0. The second kappa shape index (κ2) is 6.46. The molecule has 134 valence electrons. The van der Waals surface area contributed by atoms with Crippen LogP contribution in [0, 0.1) is 0 Å². The highest BCUT2D eigenvalue weighted by molar-refractivity contribution is 7.86. The molecular formula is C20H14N2O4S. The highest BCUT2D eigenvalue weighted by Gasteiger charge is 2.18. The van der Waals surface area contributed by atoms with Crippen molar-refractivity contribution in [1.29, 1.82) is 0 Å². The van der Waals surface area contributed by atoms with Gasteiger partial charge in [0.1, 0.15) is 16.3 Å². The minimum Gasteiger partial charge on any atom is -0.507 e. The number of aromatic hydroxyl groups is 1. The topological polar surface area (TPSA) is 99.3 Å². The summed E-state index contributed by atoms with van der Waals surface area (Å²) in [6.07, 6.45) is 0. The molecule has 4 rings (SSSR count). The van der Waals surface area contributed by atoms with Gasteiger partial charge in [-0.3, -0.25) is 4.55 Å². The lowest BCUT2D eigenvalue weighted by Crippen LogP contribution is -1.98. The third-order valence-corrected chi connectivity index (χ3v) is 5.16. The van der Waals surface area contributed by atoms with Crippen LogP contribution < -0.4 is 0 Å². The van der Waals surface area contributed by atoms with E-state index in [1.165, 1.54) is 12.1 Å². The van der Waals surface area contributed by atoms with Gasteiger partial charge in [0.05, 0.1) is 5.69 Å². The smallest absolute Gasteiger partial charge is 0.296 e. The molecule has 0 aliphatic carbocycles. The van der Waals surface area contributed by atoms with Crippen molar-refractivity contribution < 1.29 is 18.1 Å². The van der Waals surface area contributed by atoms with Crippen molar-refractivity contribution in [3.8, 4) is 5.75 Å². The van der Waals surface area contributed by atoms with Gasteiger partial charge in [-0.25, -0.2) is 0 Å². The quantitative estimate of drug-likeness (QED) is 0.370. The third-order valence-electron chi connectivity index (χ3n) is 4.28. The van der Waals surface area contributed by atoms with Crippen LogP contribution in [0.1, 0.15) is 0 Å². The molecule has 0 aliphatic heterocycles. The highest BCUT2D eigenvalue weighted by atomic mass is 32.2. The van der Waals surface area contributed by atoms with Crippen LogP contribution in [0.25, 0.3) is 21.5 Å². The van der Waals surface area contributed by atoms with Gasteiger partial charge in [-0.15, -0.1) is 10.2 Å². The lowest BCUT2D eigenvalue weighted by molar-refractivity contribution is 0.481. The van der Waals surface area contributed by atoms with E-state index in [0.29, 0.717) is 21.8 Å². The van der Waals surface area contributed by atoms with E-state index in [1.54, 1.807) is 42.5 Å². The average molecular weight is 378 g/mol. The molecule has 0 bridgehead atoms. The normalized spacial score (nSPS) is 12.2. The second-order valence-corrected chi connectivity index (χ2v) is 7.35. The predicted molar refractivity (Wildman–Crippen MR) is 104 cm³/mol. The number of phenols is 1. The van der Waals surface area contributed by atoms with E-state index >= 15 is 0 Å². The molecule has 0 radical (unpaired) electrons. The Kier molecular flexibility index (Phi) is 4.10. The van der Waals surface area contributed by atoms with Crippen molar-refractivity contribution in [2.75, 3.05) is 0 Å². The highest BCUT2D eigenvalue weighted by Crippen LogP contribution is 2.37. The number of hydrogen-bond donors (Lipinski definition) is 2. The molecule has 0 amide bonds. The SMILES string of the molecule is O=S(=O)(O)c1ccc2ccccc2c1N=Nc1ccc(O)c2ccccc12. The van der Waals surface area contributed by atoms with Crippen LogP contribution in [0.2, 0.25) is 0 Å². The Morgan fingerprint density at radius 2 is 1.37 bits per heavy atom. The molecule has 0 spiro atoms. The summed E-state index contributed by atoms with van der Waals surface area (Å²) in [5.41, 5.74) is 0.533. The van der Waals surface area contributed by atoms with Gasteiger partial charge >= 0.3 is 0 Å². The van der Waals surface area contributed by atoms with Crippen LogP contribution in [0.15, 0.2) is 87.9 Å². The number of benzene rings is 4. The molecule has 0 atom stereocenters. The third kappa shape index (κ3) is 3.14. The number of fused-ring (bicyclic) bond motifs is 2. The molecule has 6 nitrogen and oxygen atoms in total. The Morgan fingerprint density at radius 3 is 2.11 bits per heavy atom. The first-order valence-electron chi connectivity index (χ1n) is 8.07. The summed E-state index contributed by atoms with van der Waals surface area (Å²) in [5.74, 6) is 0.119. The zero-order valence-corrected chi connectivity index (χ0v) is 14.8.